The molecule has 2 rings (SSSR count). The van der Waals surface area contributed by atoms with Crippen molar-refractivity contribution < 1.29 is 0 Å². The van der Waals surface area contributed by atoms with Gasteiger partial charge in [-0.2, -0.15) is 0 Å². The van der Waals surface area contributed by atoms with Crippen molar-refractivity contribution in [1.29, 1.82) is 0 Å². The highest BCUT2D eigenvalue weighted by atomic mass is 35.5. The number of hydrogen-bond acceptors (Lipinski definition) is 2. The van der Waals surface area contributed by atoms with Crippen LogP contribution in [0.3, 0.4) is 0 Å². The second kappa shape index (κ2) is 6.55. The first-order valence-corrected chi connectivity index (χ1v) is 7.29. The fraction of sp³-hybridized carbons (Fsp3) is 0.600. The molecule has 0 bridgehead atoms. The Morgan fingerprint density at radius 3 is 2.78 bits per heavy atom. The molecule has 1 fully saturated rings. The van der Waals surface area contributed by atoms with Gasteiger partial charge >= 0.3 is 0 Å². The van der Waals surface area contributed by atoms with Crippen molar-refractivity contribution in [3.63, 3.8) is 0 Å². The predicted octanol–water partition coefficient (Wildman–Crippen LogP) is 3.29. The SMILES string of the molecule is CCCC(N)C1CCN(Cc2ccc(Cl)cc2)C1. The van der Waals surface area contributed by atoms with Crippen molar-refractivity contribution in [1.82, 2.24) is 4.90 Å². The molecule has 0 amide bonds. The van der Waals surface area contributed by atoms with Gasteiger partial charge in [-0.05, 0) is 43.0 Å². The van der Waals surface area contributed by atoms with Crippen molar-refractivity contribution >= 4 is 11.6 Å². The molecule has 0 aromatic heterocycles. The maximum Gasteiger partial charge on any atom is 0.0406 e. The van der Waals surface area contributed by atoms with Crippen LogP contribution in [0.1, 0.15) is 31.7 Å². The summed E-state index contributed by atoms with van der Waals surface area (Å²) in [5, 5.41) is 0.808. The van der Waals surface area contributed by atoms with E-state index in [4.69, 9.17) is 17.3 Å². The summed E-state index contributed by atoms with van der Waals surface area (Å²) in [6.07, 6.45) is 3.59. The van der Waals surface area contributed by atoms with Crippen molar-refractivity contribution in [3.05, 3.63) is 34.9 Å². The van der Waals surface area contributed by atoms with Gasteiger partial charge in [-0.3, -0.25) is 4.90 Å². The van der Waals surface area contributed by atoms with Crippen LogP contribution in [0.25, 0.3) is 0 Å². The zero-order valence-corrected chi connectivity index (χ0v) is 11.9. The van der Waals surface area contributed by atoms with Gasteiger partial charge < -0.3 is 5.73 Å². The third kappa shape index (κ3) is 3.71. The number of halogens is 1. The molecule has 1 aliphatic rings. The highest BCUT2D eigenvalue weighted by Crippen LogP contribution is 2.23. The molecule has 1 heterocycles. The van der Waals surface area contributed by atoms with Crippen LogP contribution in [0.15, 0.2) is 24.3 Å². The molecule has 2 atom stereocenters. The molecule has 1 saturated heterocycles. The Labute approximate surface area is 115 Å². The summed E-state index contributed by atoms with van der Waals surface area (Å²) in [7, 11) is 0. The average Bonchev–Trinajstić information content (AvgIpc) is 2.81. The van der Waals surface area contributed by atoms with E-state index in [0.29, 0.717) is 12.0 Å². The summed E-state index contributed by atoms with van der Waals surface area (Å²) < 4.78 is 0. The predicted molar refractivity (Wildman–Crippen MR) is 77.7 cm³/mol. The minimum absolute atomic E-state index is 0.380. The molecule has 1 aromatic rings. The number of hydrogen-bond donors (Lipinski definition) is 1. The fourth-order valence-corrected chi connectivity index (χ4v) is 2.90. The van der Waals surface area contributed by atoms with Crippen LogP contribution in [-0.4, -0.2) is 24.0 Å². The van der Waals surface area contributed by atoms with Gasteiger partial charge in [0, 0.05) is 24.2 Å². The van der Waals surface area contributed by atoms with E-state index in [2.05, 4.69) is 24.0 Å². The second-order valence-corrected chi connectivity index (χ2v) is 5.80. The lowest BCUT2D eigenvalue weighted by molar-refractivity contribution is 0.302. The Bertz CT molecular complexity index is 363. The van der Waals surface area contributed by atoms with E-state index < -0.39 is 0 Å². The third-order valence-corrected chi connectivity index (χ3v) is 4.11. The van der Waals surface area contributed by atoms with E-state index in [-0.39, 0.29) is 0 Å². The smallest absolute Gasteiger partial charge is 0.0406 e. The second-order valence-electron chi connectivity index (χ2n) is 5.36. The maximum absolute atomic E-state index is 6.22. The van der Waals surface area contributed by atoms with Crippen LogP contribution in [-0.2, 0) is 6.54 Å². The number of nitrogens with two attached hydrogens (primary N) is 1. The van der Waals surface area contributed by atoms with Crippen molar-refractivity contribution in [3.8, 4) is 0 Å². The number of nitrogens with zero attached hydrogens (tertiary/aromatic N) is 1. The molecule has 0 aliphatic carbocycles. The first-order chi connectivity index (χ1) is 8.69. The van der Waals surface area contributed by atoms with Crippen LogP contribution in [0.4, 0.5) is 0 Å². The van der Waals surface area contributed by atoms with Crippen molar-refractivity contribution in [2.45, 2.75) is 38.8 Å². The lowest BCUT2D eigenvalue weighted by atomic mass is 9.96. The molecule has 0 radical (unpaired) electrons. The van der Waals surface area contributed by atoms with E-state index in [1.807, 2.05) is 12.1 Å². The fourth-order valence-electron chi connectivity index (χ4n) is 2.77. The summed E-state index contributed by atoms with van der Waals surface area (Å²) >= 11 is 5.90. The van der Waals surface area contributed by atoms with Crippen molar-refractivity contribution in [2.75, 3.05) is 13.1 Å². The standard InChI is InChI=1S/C15H23ClN2/c1-2-3-15(17)13-8-9-18(11-13)10-12-4-6-14(16)7-5-12/h4-7,13,15H,2-3,8-11,17H2,1H3. The third-order valence-electron chi connectivity index (χ3n) is 3.86. The van der Waals surface area contributed by atoms with Gasteiger partial charge in [0.25, 0.3) is 0 Å². The van der Waals surface area contributed by atoms with E-state index >= 15 is 0 Å². The minimum Gasteiger partial charge on any atom is -0.327 e. The summed E-state index contributed by atoms with van der Waals surface area (Å²) in [5.41, 5.74) is 7.56. The Kier molecular flexibility index (Phi) is 5.04. The molecule has 2 nitrogen and oxygen atoms in total. The topological polar surface area (TPSA) is 29.3 Å². The number of rotatable bonds is 5. The van der Waals surface area contributed by atoms with Gasteiger partial charge in [-0.1, -0.05) is 37.1 Å². The molecular formula is C15H23ClN2. The Morgan fingerprint density at radius 1 is 1.39 bits per heavy atom. The first-order valence-electron chi connectivity index (χ1n) is 6.91. The average molecular weight is 267 g/mol. The van der Waals surface area contributed by atoms with E-state index in [1.54, 1.807) is 0 Å². The van der Waals surface area contributed by atoms with Gasteiger partial charge in [0.15, 0.2) is 0 Å². The molecule has 3 heteroatoms. The molecule has 0 saturated carbocycles. The normalized spacial score (nSPS) is 22.3. The molecular weight excluding hydrogens is 244 g/mol. The summed E-state index contributed by atoms with van der Waals surface area (Å²) in [5.74, 6) is 0.678. The zero-order valence-electron chi connectivity index (χ0n) is 11.1. The van der Waals surface area contributed by atoms with Gasteiger partial charge in [0.1, 0.15) is 0 Å². The maximum atomic E-state index is 6.22. The van der Waals surface area contributed by atoms with Gasteiger partial charge in [0.05, 0.1) is 0 Å². The molecule has 100 valence electrons. The largest absolute Gasteiger partial charge is 0.327 e. The van der Waals surface area contributed by atoms with Crippen LogP contribution >= 0.6 is 11.6 Å². The molecule has 18 heavy (non-hydrogen) atoms. The summed E-state index contributed by atoms with van der Waals surface area (Å²) in [4.78, 5) is 2.50. The van der Waals surface area contributed by atoms with Crippen LogP contribution < -0.4 is 5.73 Å². The molecule has 1 aliphatic heterocycles. The van der Waals surface area contributed by atoms with Gasteiger partial charge in [-0.15, -0.1) is 0 Å². The zero-order chi connectivity index (χ0) is 13.0. The minimum atomic E-state index is 0.380. The quantitative estimate of drug-likeness (QED) is 0.886. The molecule has 1 aromatic carbocycles. The Balaban J connectivity index is 1.84. The van der Waals surface area contributed by atoms with E-state index in [0.717, 1.165) is 24.5 Å². The van der Waals surface area contributed by atoms with Crippen LogP contribution in [0.5, 0.6) is 0 Å². The Morgan fingerprint density at radius 2 is 2.11 bits per heavy atom. The lowest BCUT2D eigenvalue weighted by Gasteiger charge is -2.20. The molecule has 2 unspecified atom stereocenters. The first kappa shape index (κ1) is 13.9. The van der Waals surface area contributed by atoms with Crippen LogP contribution in [0, 0.1) is 5.92 Å². The monoisotopic (exact) mass is 266 g/mol. The van der Waals surface area contributed by atoms with Crippen molar-refractivity contribution in [2.24, 2.45) is 11.7 Å². The summed E-state index contributed by atoms with van der Waals surface area (Å²) in [6, 6.07) is 8.54. The van der Waals surface area contributed by atoms with Gasteiger partial charge in [0.2, 0.25) is 0 Å². The molecule has 2 N–H and O–H groups in total. The lowest BCUT2D eigenvalue weighted by Crippen LogP contribution is -2.32. The van der Waals surface area contributed by atoms with Crippen LogP contribution in [0.2, 0.25) is 5.02 Å². The van der Waals surface area contributed by atoms with E-state index in [9.17, 15) is 0 Å². The summed E-state index contributed by atoms with van der Waals surface area (Å²) in [6.45, 7) is 5.54. The highest BCUT2D eigenvalue weighted by Gasteiger charge is 2.26. The van der Waals surface area contributed by atoms with E-state index in [1.165, 1.54) is 24.9 Å². The number of likely N-dealkylation sites (tertiary alicyclic amines) is 1. The Hall–Kier alpha value is -0.570. The highest BCUT2D eigenvalue weighted by molar-refractivity contribution is 6.30. The number of benzene rings is 1. The molecule has 0 spiro atoms. The van der Waals surface area contributed by atoms with Gasteiger partial charge in [-0.25, -0.2) is 0 Å².